The molecule has 1 rings (SSSR count). The minimum atomic E-state index is -3.85. The summed E-state index contributed by atoms with van der Waals surface area (Å²) in [7, 11) is -3.85. The molecule has 1 aromatic rings. The fourth-order valence-electron chi connectivity index (χ4n) is 0.771. The number of benzene rings is 1. The van der Waals surface area contributed by atoms with E-state index in [4.69, 9.17) is 0 Å². The fraction of sp³-hybridized carbons (Fsp3) is 0. The first kappa shape index (κ1) is 11.1. The molecule has 0 radical (unpaired) electrons. The number of nitro benzene ring substituents is 1. The Balaban J connectivity index is 3.12. The predicted molar refractivity (Wildman–Crippen MR) is 50.3 cm³/mol. The van der Waals surface area contributed by atoms with Crippen LogP contribution in [0.5, 0.6) is 0 Å². The van der Waals surface area contributed by atoms with Crippen LogP contribution >= 0.6 is 16.3 Å². The molecule has 0 spiro atoms. The van der Waals surface area contributed by atoms with Gasteiger partial charge in [0.05, 0.1) is 9.82 Å². The van der Waals surface area contributed by atoms with Crippen molar-refractivity contribution in [3.05, 3.63) is 34.4 Å². The van der Waals surface area contributed by atoms with Crippen molar-refractivity contribution in [1.82, 2.24) is 0 Å². The van der Waals surface area contributed by atoms with Gasteiger partial charge >= 0.3 is 10.1 Å². The van der Waals surface area contributed by atoms with Crippen LogP contribution in [0.1, 0.15) is 0 Å². The van der Waals surface area contributed by atoms with Crippen LogP contribution in [0, 0.1) is 10.1 Å². The van der Waals surface area contributed by atoms with Crippen LogP contribution in [-0.4, -0.2) is 13.3 Å². The summed E-state index contributed by atoms with van der Waals surface area (Å²) in [5, 5.41) is 10.2. The van der Waals surface area contributed by atoms with Gasteiger partial charge < -0.3 is 0 Å². The zero-order valence-corrected chi connectivity index (χ0v) is 8.99. The van der Waals surface area contributed by atoms with Crippen molar-refractivity contribution in [3.63, 3.8) is 0 Å². The van der Waals surface area contributed by atoms with E-state index in [0.717, 1.165) is 24.3 Å². The maximum absolute atomic E-state index is 11.0. The Hall–Kier alpha value is -0.990. The molecule has 0 aliphatic rings. The van der Waals surface area contributed by atoms with Crippen molar-refractivity contribution in [2.75, 3.05) is 0 Å². The highest BCUT2D eigenvalue weighted by Gasteiger charge is 2.15. The van der Waals surface area contributed by atoms with Gasteiger partial charge in [-0.3, -0.25) is 10.1 Å². The number of nitro groups is 1. The van der Waals surface area contributed by atoms with E-state index in [1.54, 1.807) is 0 Å². The molecule has 14 heavy (non-hydrogen) atoms. The van der Waals surface area contributed by atoms with Crippen molar-refractivity contribution in [2.45, 2.75) is 4.90 Å². The van der Waals surface area contributed by atoms with Gasteiger partial charge in [-0.2, -0.15) is 11.7 Å². The lowest BCUT2D eigenvalue weighted by Gasteiger charge is -1.97. The summed E-state index contributed by atoms with van der Waals surface area (Å²) in [4.78, 5) is 9.47. The standard InChI is InChI=1S/C6H4BrNO5S/c7-13-14(11,12)6-3-1-5(2-4-6)8(9)10/h1-4H. The van der Waals surface area contributed by atoms with E-state index in [9.17, 15) is 18.5 Å². The summed E-state index contributed by atoms with van der Waals surface area (Å²) in [6.45, 7) is 0. The summed E-state index contributed by atoms with van der Waals surface area (Å²) in [6.07, 6.45) is 0. The molecule has 76 valence electrons. The normalized spacial score (nSPS) is 11.2. The molecule has 6 nitrogen and oxygen atoms in total. The first-order valence-corrected chi connectivity index (χ1v) is 5.32. The largest absolute Gasteiger partial charge is 0.307 e. The van der Waals surface area contributed by atoms with Gasteiger partial charge in [0.2, 0.25) is 0 Å². The molecule has 8 heteroatoms. The summed E-state index contributed by atoms with van der Waals surface area (Å²) in [5.41, 5.74) is -0.182. The first-order chi connectivity index (χ1) is 6.47. The highest BCUT2D eigenvalue weighted by Crippen LogP contribution is 2.18. The second-order valence-electron chi connectivity index (χ2n) is 2.27. The molecule has 0 aliphatic heterocycles. The van der Waals surface area contributed by atoms with E-state index < -0.39 is 15.0 Å². The maximum Gasteiger partial charge on any atom is 0.307 e. The summed E-state index contributed by atoms with van der Waals surface area (Å²) >= 11 is 2.33. The van der Waals surface area contributed by atoms with E-state index in [1.165, 1.54) is 0 Å². The molecule has 1 aromatic carbocycles. The number of hydrogen-bond donors (Lipinski definition) is 0. The lowest BCUT2D eigenvalue weighted by atomic mass is 10.3. The van der Waals surface area contributed by atoms with Crippen LogP contribution in [-0.2, 0) is 13.4 Å². The summed E-state index contributed by atoms with van der Waals surface area (Å²) in [5.74, 6) is 0. The van der Waals surface area contributed by atoms with Crippen LogP contribution in [0.15, 0.2) is 29.2 Å². The van der Waals surface area contributed by atoms with Crippen molar-refractivity contribution < 1.29 is 16.6 Å². The molecular formula is C6H4BrNO5S. The van der Waals surface area contributed by atoms with Gasteiger partial charge in [-0.15, -0.1) is 0 Å². The van der Waals surface area contributed by atoms with Gasteiger partial charge in [-0.05, 0) is 12.1 Å². The SMILES string of the molecule is O=[N+]([O-])c1ccc(S(=O)(=O)OBr)cc1. The zero-order valence-electron chi connectivity index (χ0n) is 6.58. The highest BCUT2D eigenvalue weighted by molar-refractivity contribution is 9.06. The quantitative estimate of drug-likeness (QED) is 0.621. The maximum atomic E-state index is 11.0. The van der Waals surface area contributed by atoms with Gasteiger partial charge in [-0.25, -0.2) is 0 Å². The van der Waals surface area contributed by atoms with Gasteiger partial charge in [0.25, 0.3) is 5.69 Å². The molecule has 0 saturated carbocycles. The molecule has 0 saturated heterocycles. The number of rotatable bonds is 3. The predicted octanol–water partition coefficient (Wildman–Crippen LogP) is 1.61. The van der Waals surface area contributed by atoms with E-state index in [1.807, 2.05) is 0 Å². The van der Waals surface area contributed by atoms with Crippen molar-refractivity contribution in [2.24, 2.45) is 0 Å². The monoisotopic (exact) mass is 281 g/mol. The average molecular weight is 282 g/mol. The van der Waals surface area contributed by atoms with Crippen molar-refractivity contribution in [3.8, 4) is 0 Å². The number of halogens is 1. The van der Waals surface area contributed by atoms with E-state index in [0.29, 0.717) is 0 Å². The number of non-ortho nitro benzene ring substituents is 1. The van der Waals surface area contributed by atoms with Crippen LogP contribution in [0.2, 0.25) is 0 Å². The fourth-order valence-corrected chi connectivity index (χ4v) is 1.77. The van der Waals surface area contributed by atoms with Gasteiger partial charge in [0.1, 0.15) is 16.3 Å². The molecule has 0 unspecified atom stereocenters. The minimum absolute atomic E-state index is 0.153. The Morgan fingerprint density at radius 1 is 1.29 bits per heavy atom. The Kier molecular flexibility index (Phi) is 3.19. The minimum Gasteiger partial charge on any atom is -0.258 e. The topological polar surface area (TPSA) is 86.5 Å². The molecule has 0 aromatic heterocycles. The molecule has 0 N–H and O–H groups in total. The molecule has 0 fully saturated rings. The first-order valence-electron chi connectivity index (χ1n) is 3.27. The van der Waals surface area contributed by atoms with Gasteiger partial charge in [-0.1, -0.05) is 0 Å². The lowest BCUT2D eigenvalue weighted by Crippen LogP contribution is -1.99. The third-order valence-corrected chi connectivity index (χ3v) is 3.48. The summed E-state index contributed by atoms with van der Waals surface area (Å²) in [6, 6.07) is 4.35. The number of hydrogen-bond acceptors (Lipinski definition) is 5. The third kappa shape index (κ3) is 2.28. The Morgan fingerprint density at radius 3 is 2.14 bits per heavy atom. The Bertz CT molecular complexity index is 440. The van der Waals surface area contributed by atoms with Crippen LogP contribution in [0.25, 0.3) is 0 Å². The zero-order chi connectivity index (χ0) is 10.8. The van der Waals surface area contributed by atoms with Crippen LogP contribution in [0.4, 0.5) is 5.69 Å². The highest BCUT2D eigenvalue weighted by atomic mass is 79.9. The van der Waals surface area contributed by atoms with Crippen LogP contribution < -0.4 is 0 Å². The second-order valence-corrected chi connectivity index (χ2v) is 4.57. The van der Waals surface area contributed by atoms with E-state index in [-0.39, 0.29) is 10.6 Å². The Labute approximate surface area is 88.2 Å². The third-order valence-electron chi connectivity index (χ3n) is 1.42. The van der Waals surface area contributed by atoms with E-state index >= 15 is 0 Å². The van der Waals surface area contributed by atoms with Gasteiger partial charge in [0, 0.05) is 12.1 Å². The number of nitrogens with zero attached hydrogens (tertiary/aromatic N) is 1. The summed E-state index contributed by atoms with van der Waals surface area (Å²) < 4.78 is 26.1. The Morgan fingerprint density at radius 2 is 1.79 bits per heavy atom. The molecule has 0 atom stereocenters. The molecule has 0 amide bonds. The van der Waals surface area contributed by atoms with Crippen molar-refractivity contribution in [1.29, 1.82) is 0 Å². The van der Waals surface area contributed by atoms with Crippen molar-refractivity contribution >= 4 is 32.1 Å². The second kappa shape index (κ2) is 4.03. The molecular weight excluding hydrogens is 278 g/mol. The van der Waals surface area contributed by atoms with Crippen LogP contribution in [0.3, 0.4) is 0 Å². The van der Waals surface area contributed by atoms with E-state index in [2.05, 4.69) is 19.5 Å². The average Bonchev–Trinajstić information content (AvgIpc) is 2.18. The van der Waals surface area contributed by atoms with Gasteiger partial charge in [0.15, 0.2) is 0 Å². The lowest BCUT2D eigenvalue weighted by molar-refractivity contribution is -0.384. The molecule has 0 bridgehead atoms. The molecule has 0 aliphatic carbocycles. The molecule has 0 heterocycles. The smallest absolute Gasteiger partial charge is 0.258 e.